The van der Waals surface area contributed by atoms with Gasteiger partial charge in [-0.2, -0.15) is 0 Å². The van der Waals surface area contributed by atoms with Gasteiger partial charge in [-0.15, -0.1) is 11.3 Å². The van der Waals surface area contributed by atoms with E-state index in [-0.39, 0.29) is 11.5 Å². The van der Waals surface area contributed by atoms with Crippen molar-refractivity contribution in [2.75, 3.05) is 25.2 Å². The molecule has 3 rings (SSSR count). The topological polar surface area (TPSA) is 83.0 Å². The predicted octanol–water partition coefficient (Wildman–Crippen LogP) is 4.32. The summed E-state index contributed by atoms with van der Waals surface area (Å²) in [5.41, 5.74) is 10.1. The fourth-order valence-electron chi connectivity index (χ4n) is 3.33. The zero-order valence-electron chi connectivity index (χ0n) is 17.0. The molecule has 0 saturated heterocycles. The quantitative estimate of drug-likeness (QED) is 0.254. The Morgan fingerprint density at radius 3 is 2.75 bits per heavy atom. The van der Waals surface area contributed by atoms with Crippen LogP contribution in [0.25, 0.3) is 10.2 Å². The van der Waals surface area contributed by atoms with Gasteiger partial charge in [-0.25, -0.2) is 9.97 Å². The second kappa shape index (κ2) is 8.63. The van der Waals surface area contributed by atoms with Crippen molar-refractivity contribution in [3.8, 4) is 0 Å². The first kappa shape index (κ1) is 20.8. The molecule has 0 radical (unpaired) electrons. The molecule has 3 aromatic rings. The van der Waals surface area contributed by atoms with Gasteiger partial charge in [0.25, 0.3) is 0 Å². The number of aryl methyl sites for hydroxylation is 3. The standard InChI is InChI=1S/C20H26N4O2S2/c1-11-9-15(13(3)24(11)7-6-8-26-5)16(25)10-27-20-22-18(21)17-12(2)14(4)28-19(17)23-20/h9H,6-8,10H2,1-5H3,(H2,21,22,23). The van der Waals surface area contributed by atoms with E-state index in [2.05, 4.69) is 21.5 Å². The number of nitrogens with zero attached hydrogens (tertiary/aromatic N) is 3. The highest BCUT2D eigenvalue weighted by Gasteiger charge is 2.18. The van der Waals surface area contributed by atoms with E-state index < -0.39 is 0 Å². The van der Waals surface area contributed by atoms with Gasteiger partial charge in [0.05, 0.1) is 11.1 Å². The number of aromatic nitrogens is 3. The van der Waals surface area contributed by atoms with Crippen molar-refractivity contribution >= 4 is 44.9 Å². The number of Topliss-reactive ketones (excluding diaryl/α,β-unsaturated/α-hetero) is 1. The summed E-state index contributed by atoms with van der Waals surface area (Å²) < 4.78 is 7.30. The third-order valence-corrected chi connectivity index (χ3v) is 6.92. The fourth-order valence-corrected chi connectivity index (χ4v) is 5.16. The molecule has 0 unspecified atom stereocenters. The number of thiophene rings is 1. The van der Waals surface area contributed by atoms with Gasteiger partial charge in [-0.3, -0.25) is 4.79 Å². The molecule has 0 aliphatic rings. The molecule has 0 fully saturated rings. The summed E-state index contributed by atoms with van der Waals surface area (Å²) in [6.45, 7) is 9.67. The smallest absolute Gasteiger partial charge is 0.191 e. The first-order valence-electron chi connectivity index (χ1n) is 9.18. The lowest BCUT2D eigenvalue weighted by Gasteiger charge is -2.09. The third-order valence-electron chi connectivity index (χ3n) is 4.97. The second-order valence-electron chi connectivity index (χ2n) is 6.85. The first-order chi connectivity index (χ1) is 13.3. The number of carbonyl (C=O) groups excluding carboxylic acids is 1. The van der Waals surface area contributed by atoms with Crippen LogP contribution in [0.4, 0.5) is 5.82 Å². The lowest BCUT2D eigenvalue weighted by atomic mass is 10.2. The molecule has 6 nitrogen and oxygen atoms in total. The van der Waals surface area contributed by atoms with Gasteiger partial charge in [0.1, 0.15) is 10.6 Å². The predicted molar refractivity (Wildman–Crippen MR) is 117 cm³/mol. The van der Waals surface area contributed by atoms with Crippen LogP contribution in [-0.4, -0.2) is 39.8 Å². The normalized spacial score (nSPS) is 11.5. The van der Waals surface area contributed by atoms with Crippen LogP contribution in [0, 0.1) is 27.7 Å². The Labute approximate surface area is 173 Å². The average molecular weight is 419 g/mol. The number of ketones is 1. The van der Waals surface area contributed by atoms with E-state index >= 15 is 0 Å². The second-order valence-corrected chi connectivity index (χ2v) is 9.00. The zero-order chi connectivity index (χ0) is 20.4. The van der Waals surface area contributed by atoms with Crippen molar-refractivity contribution in [1.82, 2.24) is 14.5 Å². The summed E-state index contributed by atoms with van der Waals surface area (Å²) >= 11 is 2.95. The number of thioether (sulfide) groups is 1. The minimum Gasteiger partial charge on any atom is -0.385 e. The lowest BCUT2D eigenvalue weighted by Crippen LogP contribution is -2.08. The van der Waals surface area contributed by atoms with Gasteiger partial charge in [-0.1, -0.05) is 11.8 Å². The fraction of sp³-hybridized carbons (Fsp3) is 0.450. The van der Waals surface area contributed by atoms with Crippen molar-refractivity contribution in [2.45, 2.75) is 45.8 Å². The Morgan fingerprint density at radius 1 is 1.29 bits per heavy atom. The molecule has 0 aliphatic heterocycles. The van der Waals surface area contributed by atoms with E-state index in [1.807, 2.05) is 26.8 Å². The van der Waals surface area contributed by atoms with Gasteiger partial charge >= 0.3 is 0 Å². The Kier molecular flexibility index (Phi) is 6.42. The number of fused-ring (bicyclic) bond motifs is 1. The minimum absolute atomic E-state index is 0.0805. The monoisotopic (exact) mass is 418 g/mol. The molecule has 0 spiro atoms. The summed E-state index contributed by atoms with van der Waals surface area (Å²) in [6, 6.07) is 1.97. The number of ether oxygens (including phenoxy) is 1. The summed E-state index contributed by atoms with van der Waals surface area (Å²) in [6.07, 6.45) is 0.919. The van der Waals surface area contributed by atoms with Gasteiger partial charge in [-0.05, 0) is 45.7 Å². The van der Waals surface area contributed by atoms with Crippen LogP contribution in [0.1, 0.15) is 38.6 Å². The van der Waals surface area contributed by atoms with Crippen LogP contribution in [-0.2, 0) is 11.3 Å². The number of nitrogen functional groups attached to an aromatic ring is 1. The third kappa shape index (κ3) is 4.09. The summed E-state index contributed by atoms with van der Waals surface area (Å²) in [5.74, 6) is 0.853. The molecular weight excluding hydrogens is 392 g/mol. The molecule has 2 N–H and O–H groups in total. The molecule has 0 bridgehead atoms. The van der Waals surface area contributed by atoms with Crippen LogP contribution in [0.15, 0.2) is 11.2 Å². The van der Waals surface area contributed by atoms with Crippen molar-refractivity contribution < 1.29 is 9.53 Å². The van der Waals surface area contributed by atoms with Gasteiger partial charge in [0.15, 0.2) is 10.9 Å². The number of anilines is 1. The summed E-state index contributed by atoms with van der Waals surface area (Å²) in [7, 11) is 1.70. The molecular formula is C20H26N4O2S2. The molecule has 0 aromatic carbocycles. The van der Waals surface area contributed by atoms with Crippen molar-refractivity contribution in [1.29, 1.82) is 0 Å². The highest BCUT2D eigenvalue weighted by Crippen LogP contribution is 2.33. The van der Waals surface area contributed by atoms with E-state index in [4.69, 9.17) is 10.5 Å². The largest absolute Gasteiger partial charge is 0.385 e. The molecule has 150 valence electrons. The van der Waals surface area contributed by atoms with Gasteiger partial charge < -0.3 is 15.0 Å². The number of hydrogen-bond acceptors (Lipinski definition) is 7. The summed E-state index contributed by atoms with van der Waals surface area (Å²) in [4.78, 5) is 23.9. The highest BCUT2D eigenvalue weighted by atomic mass is 32.2. The van der Waals surface area contributed by atoms with Gasteiger partial charge in [0.2, 0.25) is 0 Å². The number of rotatable bonds is 8. The minimum atomic E-state index is 0.0805. The molecule has 3 heterocycles. The number of carbonyl (C=O) groups is 1. The SMILES string of the molecule is COCCCn1c(C)cc(C(=O)CSc2nc(N)c3c(C)c(C)sc3n2)c1C. The Hall–Kier alpha value is -1.90. The van der Waals surface area contributed by atoms with E-state index in [1.165, 1.54) is 16.6 Å². The number of methoxy groups -OCH3 is 1. The van der Waals surface area contributed by atoms with E-state index in [1.54, 1.807) is 18.4 Å². The molecule has 3 aromatic heterocycles. The Bertz CT molecular complexity index is 1020. The lowest BCUT2D eigenvalue weighted by molar-refractivity contribution is 0.102. The maximum atomic E-state index is 12.8. The average Bonchev–Trinajstić information content (AvgIpc) is 3.10. The molecule has 28 heavy (non-hydrogen) atoms. The summed E-state index contributed by atoms with van der Waals surface area (Å²) in [5, 5.41) is 1.48. The van der Waals surface area contributed by atoms with Crippen molar-refractivity contribution in [3.63, 3.8) is 0 Å². The van der Waals surface area contributed by atoms with Crippen LogP contribution >= 0.6 is 23.1 Å². The maximum absolute atomic E-state index is 12.8. The van der Waals surface area contributed by atoms with Gasteiger partial charge in [0, 0.05) is 42.1 Å². The Morgan fingerprint density at radius 2 is 2.04 bits per heavy atom. The van der Waals surface area contributed by atoms with E-state index in [9.17, 15) is 4.79 Å². The molecule has 0 amide bonds. The van der Waals surface area contributed by atoms with Crippen LogP contribution < -0.4 is 5.73 Å². The molecule has 0 atom stereocenters. The van der Waals surface area contributed by atoms with Crippen LogP contribution in [0.5, 0.6) is 0 Å². The highest BCUT2D eigenvalue weighted by molar-refractivity contribution is 7.99. The zero-order valence-corrected chi connectivity index (χ0v) is 18.6. The van der Waals surface area contributed by atoms with Crippen molar-refractivity contribution in [2.24, 2.45) is 0 Å². The Balaban J connectivity index is 1.74. The van der Waals surface area contributed by atoms with Crippen molar-refractivity contribution in [3.05, 3.63) is 33.5 Å². The van der Waals surface area contributed by atoms with E-state index in [0.29, 0.717) is 17.6 Å². The number of hydrogen-bond donors (Lipinski definition) is 1. The van der Waals surface area contributed by atoms with Crippen LogP contribution in [0.3, 0.4) is 0 Å². The molecule has 0 aliphatic carbocycles. The van der Waals surface area contributed by atoms with E-state index in [0.717, 1.165) is 45.7 Å². The maximum Gasteiger partial charge on any atom is 0.191 e. The molecule has 8 heteroatoms. The number of nitrogens with two attached hydrogens (primary N) is 1. The molecule has 0 saturated carbocycles. The van der Waals surface area contributed by atoms with Crippen LogP contribution in [0.2, 0.25) is 0 Å². The first-order valence-corrected chi connectivity index (χ1v) is 11.0.